The van der Waals surface area contributed by atoms with Gasteiger partial charge >= 0.3 is 12.4 Å². The maximum Gasteiger partial charge on any atom is 0.416 e. The number of hydrogen-bond donors (Lipinski definition) is 2. The summed E-state index contributed by atoms with van der Waals surface area (Å²) in [7, 11) is 0. The molecular formula is C23H25F6N3S. The summed E-state index contributed by atoms with van der Waals surface area (Å²) in [6.45, 7) is 3.86. The molecule has 0 amide bonds. The normalized spacial score (nSPS) is 17.3. The number of rotatable bonds is 5. The Hall–Kier alpha value is -2.33. The molecule has 2 aromatic carbocycles. The van der Waals surface area contributed by atoms with Crippen molar-refractivity contribution in [2.24, 2.45) is 0 Å². The van der Waals surface area contributed by atoms with Gasteiger partial charge in [0, 0.05) is 11.7 Å². The molecule has 3 rings (SSSR count). The molecule has 33 heavy (non-hydrogen) atoms. The molecule has 0 saturated carbocycles. The minimum atomic E-state index is -4.93. The van der Waals surface area contributed by atoms with Crippen molar-refractivity contribution in [3.05, 3.63) is 65.2 Å². The van der Waals surface area contributed by atoms with Crippen molar-refractivity contribution < 1.29 is 26.3 Å². The van der Waals surface area contributed by atoms with Crippen LogP contribution < -0.4 is 10.6 Å². The average Bonchev–Trinajstić information content (AvgIpc) is 2.77. The minimum Gasteiger partial charge on any atom is -0.354 e. The molecule has 0 radical (unpaired) electrons. The fraction of sp³-hybridized carbons (Fsp3) is 0.435. The number of benzene rings is 2. The number of alkyl halides is 6. The topological polar surface area (TPSA) is 27.3 Å². The van der Waals surface area contributed by atoms with E-state index in [1.807, 2.05) is 37.3 Å². The van der Waals surface area contributed by atoms with E-state index in [0.717, 1.165) is 37.9 Å². The van der Waals surface area contributed by atoms with E-state index in [1.54, 1.807) is 0 Å². The van der Waals surface area contributed by atoms with Crippen molar-refractivity contribution >= 4 is 23.0 Å². The predicted octanol–water partition coefficient (Wildman–Crippen LogP) is 6.63. The molecule has 1 aliphatic heterocycles. The SMILES string of the molecule is C[C@H]([C@H](NC(=S)Nc1cc(C(F)(F)F)cc(C(F)(F)F)c1)c1ccccc1)N1CCCCC1. The van der Waals surface area contributed by atoms with Crippen LogP contribution in [-0.4, -0.2) is 29.1 Å². The summed E-state index contributed by atoms with van der Waals surface area (Å²) in [4.78, 5) is 2.31. The molecule has 0 aliphatic carbocycles. The molecule has 1 heterocycles. The van der Waals surface area contributed by atoms with Crippen molar-refractivity contribution in [3.8, 4) is 0 Å². The first-order valence-corrected chi connectivity index (χ1v) is 11.0. The van der Waals surface area contributed by atoms with Gasteiger partial charge in [-0.05, 0) is 68.8 Å². The molecule has 1 fully saturated rings. The zero-order valence-corrected chi connectivity index (χ0v) is 18.7. The van der Waals surface area contributed by atoms with E-state index in [2.05, 4.69) is 15.5 Å². The van der Waals surface area contributed by atoms with E-state index >= 15 is 0 Å². The average molecular weight is 490 g/mol. The number of thiocarbonyl (C=S) groups is 1. The quantitative estimate of drug-likeness (QED) is 0.364. The van der Waals surface area contributed by atoms with E-state index in [9.17, 15) is 26.3 Å². The molecule has 2 atom stereocenters. The molecule has 0 bridgehead atoms. The molecule has 10 heteroatoms. The molecule has 3 nitrogen and oxygen atoms in total. The zero-order chi connectivity index (χ0) is 24.2. The number of hydrogen-bond acceptors (Lipinski definition) is 2. The fourth-order valence-corrected chi connectivity index (χ4v) is 4.26. The third kappa shape index (κ3) is 6.83. The van der Waals surface area contributed by atoms with Gasteiger partial charge in [0.05, 0.1) is 17.2 Å². The number of nitrogens with one attached hydrogen (secondary N) is 2. The lowest BCUT2D eigenvalue weighted by Gasteiger charge is -2.38. The van der Waals surface area contributed by atoms with Crippen LogP contribution in [0.4, 0.5) is 32.0 Å². The van der Waals surface area contributed by atoms with E-state index in [-0.39, 0.29) is 28.9 Å². The third-order valence-electron chi connectivity index (χ3n) is 5.74. The standard InChI is InChI=1S/C23H25F6N3S/c1-15(32-10-6-3-7-11-32)20(16-8-4-2-5-9-16)31-21(33)30-19-13-17(22(24,25)26)12-18(14-19)23(27,28)29/h2,4-5,8-9,12-15,20H,3,6-7,10-11H2,1H3,(H2,30,31,33)/t15-,20+/m1/s1. The Labute approximate surface area is 194 Å². The Morgan fingerprint density at radius 1 is 0.879 bits per heavy atom. The van der Waals surface area contributed by atoms with Gasteiger partial charge in [-0.1, -0.05) is 36.8 Å². The van der Waals surface area contributed by atoms with Crippen LogP contribution in [-0.2, 0) is 12.4 Å². The summed E-state index contributed by atoms with van der Waals surface area (Å²) in [5.74, 6) is 0. The summed E-state index contributed by atoms with van der Waals surface area (Å²) >= 11 is 5.30. The van der Waals surface area contributed by atoms with E-state index in [4.69, 9.17) is 12.2 Å². The number of piperidine rings is 1. The largest absolute Gasteiger partial charge is 0.416 e. The van der Waals surface area contributed by atoms with Crippen molar-refractivity contribution in [2.75, 3.05) is 18.4 Å². The van der Waals surface area contributed by atoms with Crippen LogP contribution in [0.25, 0.3) is 0 Å². The number of nitrogens with zero attached hydrogens (tertiary/aromatic N) is 1. The van der Waals surface area contributed by atoms with Crippen LogP contribution in [0.1, 0.15) is 48.9 Å². The van der Waals surface area contributed by atoms with Gasteiger partial charge in [-0.25, -0.2) is 0 Å². The maximum absolute atomic E-state index is 13.2. The van der Waals surface area contributed by atoms with Crippen molar-refractivity contribution in [1.82, 2.24) is 10.2 Å². The second-order valence-corrected chi connectivity index (χ2v) is 8.53. The van der Waals surface area contributed by atoms with Crippen LogP contribution in [0, 0.1) is 0 Å². The molecule has 1 saturated heterocycles. The predicted molar refractivity (Wildman–Crippen MR) is 120 cm³/mol. The van der Waals surface area contributed by atoms with Crippen LogP contribution in [0.3, 0.4) is 0 Å². The van der Waals surface area contributed by atoms with Gasteiger partial charge in [0.1, 0.15) is 0 Å². The highest BCUT2D eigenvalue weighted by atomic mass is 32.1. The summed E-state index contributed by atoms with van der Waals surface area (Å²) in [6, 6.07) is 10.4. The minimum absolute atomic E-state index is 0.000282. The monoisotopic (exact) mass is 489 g/mol. The summed E-state index contributed by atoms with van der Waals surface area (Å²) < 4.78 is 79.0. The van der Waals surface area contributed by atoms with Gasteiger partial charge in [0.15, 0.2) is 5.11 Å². The Bertz CT molecular complexity index is 907. The molecule has 180 valence electrons. The molecule has 0 unspecified atom stereocenters. The second-order valence-electron chi connectivity index (χ2n) is 8.12. The van der Waals surface area contributed by atoms with E-state index < -0.39 is 23.5 Å². The highest BCUT2D eigenvalue weighted by Gasteiger charge is 2.37. The van der Waals surface area contributed by atoms with E-state index in [1.165, 1.54) is 0 Å². The van der Waals surface area contributed by atoms with Gasteiger partial charge in [-0.15, -0.1) is 0 Å². The first kappa shape index (κ1) is 25.3. The van der Waals surface area contributed by atoms with Gasteiger partial charge in [-0.2, -0.15) is 26.3 Å². The molecular weight excluding hydrogens is 464 g/mol. The Kier molecular flexibility index (Phi) is 7.89. The summed E-state index contributed by atoms with van der Waals surface area (Å²) in [5.41, 5.74) is -2.26. The van der Waals surface area contributed by atoms with Gasteiger partial charge in [0.25, 0.3) is 0 Å². The van der Waals surface area contributed by atoms with Crippen LogP contribution >= 0.6 is 12.2 Å². The fourth-order valence-electron chi connectivity index (χ4n) is 4.01. The highest BCUT2D eigenvalue weighted by Crippen LogP contribution is 2.37. The lowest BCUT2D eigenvalue weighted by atomic mass is 9.97. The summed E-state index contributed by atoms with van der Waals surface area (Å²) in [6.07, 6.45) is -6.56. The lowest BCUT2D eigenvalue weighted by molar-refractivity contribution is -0.143. The first-order valence-electron chi connectivity index (χ1n) is 10.6. The molecule has 2 aromatic rings. The third-order valence-corrected chi connectivity index (χ3v) is 5.96. The Morgan fingerprint density at radius 2 is 1.42 bits per heavy atom. The van der Waals surface area contributed by atoms with Crippen molar-refractivity contribution in [3.63, 3.8) is 0 Å². The summed E-state index contributed by atoms with van der Waals surface area (Å²) in [5, 5.41) is 5.58. The Morgan fingerprint density at radius 3 is 1.94 bits per heavy atom. The van der Waals surface area contributed by atoms with Crippen LogP contribution in [0.5, 0.6) is 0 Å². The zero-order valence-electron chi connectivity index (χ0n) is 17.9. The lowest BCUT2D eigenvalue weighted by Crippen LogP contribution is -2.47. The smallest absolute Gasteiger partial charge is 0.354 e. The molecule has 2 N–H and O–H groups in total. The van der Waals surface area contributed by atoms with Gasteiger partial charge in [0.2, 0.25) is 0 Å². The molecule has 0 aromatic heterocycles. The van der Waals surface area contributed by atoms with Crippen molar-refractivity contribution in [2.45, 2.75) is 50.6 Å². The van der Waals surface area contributed by atoms with Gasteiger partial charge < -0.3 is 10.6 Å². The van der Waals surface area contributed by atoms with E-state index in [0.29, 0.717) is 12.1 Å². The Balaban J connectivity index is 1.84. The van der Waals surface area contributed by atoms with Gasteiger partial charge in [-0.3, -0.25) is 4.90 Å². The number of halogens is 6. The molecule has 1 aliphatic rings. The maximum atomic E-state index is 13.2. The molecule has 0 spiro atoms. The second kappa shape index (κ2) is 10.3. The first-order chi connectivity index (χ1) is 15.4. The van der Waals surface area contributed by atoms with Crippen LogP contribution in [0.15, 0.2) is 48.5 Å². The van der Waals surface area contributed by atoms with Crippen LogP contribution in [0.2, 0.25) is 0 Å². The van der Waals surface area contributed by atoms with Crippen molar-refractivity contribution in [1.29, 1.82) is 0 Å². The number of anilines is 1. The number of likely N-dealkylation sites (tertiary alicyclic amines) is 1. The highest BCUT2D eigenvalue weighted by molar-refractivity contribution is 7.80.